The highest BCUT2D eigenvalue weighted by Gasteiger charge is 2.16. The molecule has 2 rings (SSSR count). The van der Waals surface area contributed by atoms with Crippen LogP contribution in [0.25, 0.3) is 0 Å². The van der Waals surface area contributed by atoms with Gasteiger partial charge >= 0.3 is 5.97 Å². The number of ether oxygens (including phenoxy) is 1. The summed E-state index contributed by atoms with van der Waals surface area (Å²) in [7, 11) is 1.40. The molecule has 21 heavy (non-hydrogen) atoms. The molecule has 6 nitrogen and oxygen atoms in total. The first-order valence-corrected chi connectivity index (χ1v) is 7.02. The number of hydrogen-bond acceptors (Lipinski definition) is 4. The summed E-state index contributed by atoms with van der Waals surface area (Å²) in [5, 5.41) is 15.1. The van der Waals surface area contributed by atoms with Gasteiger partial charge in [0.15, 0.2) is 0 Å². The maximum Gasteiger partial charge on any atom is 0.339 e. The number of amides is 1. The minimum Gasteiger partial charge on any atom is -0.496 e. The first kappa shape index (κ1) is 15.3. The second-order valence-electron chi connectivity index (χ2n) is 5.17. The molecule has 0 saturated carbocycles. The van der Waals surface area contributed by atoms with E-state index in [4.69, 9.17) is 9.84 Å². The molecule has 1 saturated heterocycles. The molecular formula is C15H20N2O4. The van der Waals surface area contributed by atoms with E-state index in [9.17, 15) is 9.59 Å². The maximum atomic E-state index is 11.9. The number of nitrogens with one attached hydrogen (secondary N) is 2. The number of hydrogen-bond donors (Lipinski definition) is 3. The Bertz CT molecular complexity index is 524. The van der Waals surface area contributed by atoms with Gasteiger partial charge in [0.2, 0.25) is 5.91 Å². The molecule has 1 amide bonds. The highest BCUT2D eigenvalue weighted by atomic mass is 16.5. The van der Waals surface area contributed by atoms with E-state index in [1.54, 1.807) is 6.07 Å². The Morgan fingerprint density at radius 2 is 2.29 bits per heavy atom. The van der Waals surface area contributed by atoms with Gasteiger partial charge in [0.1, 0.15) is 11.3 Å². The van der Waals surface area contributed by atoms with Crippen LogP contribution in [0.3, 0.4) is 0 Å². The number of rotatable bonds is 6. The van der Waals surface area contributed by atoms with Crippen LogP contribution in [0.5, 0.6) is 5.75 Å². The topological polar surface area (TPSA) is 87.7 Å². The Labute approximate surface area is 123 Å². The summed E-state index contributed by atoms with van der Waals surface area (Å²) in [6.45, 7) is 2.01. The summed E-state index contributed by atoms with van der Waals surface area (Å²) in [5.74, 6) is -0.314. The molecule has 0 radical (unpaired) electrons. The van der Waals surface area contributed by atoms with E-state index in [0.717, 1.165) is 25.9 Å². The van der Waals surface area contributed by atoms with Crippen LogP contribution in [-0.2, 0) is 4.79 Å². The predicted molar refractivity (Wildman–Crippen MR) is 78.8 cm³/mol. The highest BCUT2D eigenvalue weighted by Crippen LogP contribution is 2.23. The third kappa shape index (κ3) is 4.19. The number of benzene rings is 1. The van der Waals surface area contributed by atoms with E-state index >= 15 is 0 Å². The van der Waals surface area contributed by atoms with Gasteiger partial charge in [0, 0.05) is 18.2 Å². The van der Waals surface area contributed by atoms with Crippen molar-refractivity contribution in [3.63, 3.8) is 0 Å². The largest absolute Gasteiger partial charge is 0.496 e. The van der Waals surface area contributed by atoms with Gasteiger partial charge in [-0.05, 0) is 44.0 Å². The minimum atomic E-state index is -1.06. The van der Waals surface area contributed by atoms with Crippen molar-refractivity contribution in [3.05, 3.63) is 23.8 Å². The molecule has 1 unspecified atom stereocenters. The Morgan fingerprint density at radius 3 is 2.90 bits per heavy atom. The minimum absolute atomic E-state index is 0.0629. The van der Waals surface area contributed by atoms with Gasteiger partial charge in [-0.15, -0.1) is 0 Å². The number of carboxylic acid groups (broad SMARTS) is 1. The average molecular weight is 292 g/mol. The molecule has 1 aromatic rings. The van der Waals surface area contributed by atoms with Crippen LogP contribution in [-0.4, -0.2) is 37.2 Å². The van der Waals surface area contributed by atoms with Crippen LogP contribution in [0.15, 0.2) is 18.2 Å². The van der Waals surface area contributed by atoms with Crippen LogP contribution in [0.4, 0.5) is 5.69 Å². The molecule has 1 aliphatic rings. The molecule has 114 valence electrons. The lowest BCUT2D eigenvalue weighted by molar-refractivity contribution is -0.116. The summed E-state index contributed by atoms with van der Waals surface area (Å²) < 4.78 is 5.03. The third-order valence-electron chi connectivity index (χ3n) is 3.66. The monoisotopic (exact) mass is 292 g/mol. The van der Waals surface area contributed by atoms with Crippen LogP contribution >= 0.6 is 0 Å². The van der Waals surface area contributed by atoms with Gasteiger partial charge in [-0.1, -0.05) is 0 Å². The van der Waals surface area contributed by atoms with Gasteiger partial charge in [-0.3, -0.25) is 4.79 Å². The Morgan fingerprint density at radius 1 is 1.48 bits per heavy atom. The lowest BCUT2D eigenvalue weighted by Crippen LogP contribution is -2.15. The zero-order chi connectivity index (χ0) is 15.2. The Kier molecular flexibility index (Phi) is 5.16. The van der Waals surface area contributed by atoms with Gasteiger partial charge in [0.25, 0.3) is 0 Å². The summed E-state index contributed by atoms with van der Waals surface area (Å²) in [6.07, 6.45) is 2.45. The smallest absolute Gasteiger partial charge is 0.339 e. The summed E-state index contributed by atoms with van der Waals surface area (Å²) in [5.41, 5.74) is 0.624. The molecule has 1 aromatic carbocycles. The highest BCUT2D eigenvalue weighted by molar-refractivity contribution is 5.94. The number of anilines is 1. The van der Waals surface area contributed by atoms with Crippen molar-refractivity contribution >= 4 is 17.6 Å². The van der Waals surface area contributed by atoms with Crippen molar-refractivity contribution in [1.29, 1.82) is 0 Å². The molecule has 0 spiro atoms. The van der Waals surface area contributed by atoms with Crippen molar-refractivity contribution < 1.29 is 19.4 Å². The van der Waals surface area contributed by atoms with E-state index in [-0.39, 0.29) is 17.2 Å². The van der Waals surface area contributed by atoms with E-state index < -0.39 is 5.97 Å². The second kappa shape index (κ2) is 7.08. The van der Waals surface area contributed by atoms with Crippen LogP contribution < -0.4 is 15.4 Å². The second-order valence-corrected chi connectivity index (χ2v) is 5.17. The summed E-state index contributed by atoms with van der Waals surface area (Å²) >= 11 is 0. The van der Waals surface area contributed by atoms with Crippen molar-refractivity contribution in [1.82, 2.24) is 5.32 Å². The SMILES string of the molecule is COc1cc(NC(=O)CCC2CCNC2)ccc1C(=O)O. The lowest BCUT2D eigenvalue weighted by Gasteiger charge is -2.11. The molecule has 0 bridgehead atoms. The Balaban J connectivity index is 1.92. The predicted octanol–water partition coefficient (Wildman–Crippen LogP) is 1.72. The van der Waals surface area contributed by atoms with Crippen molar-refractivity contribution in [2.75, 3.05) is 25.5 Å². The molecule has 1 atom stereocenters. The molecular weight excluding hydrogens is 272 g/mol. The fraction of sp³-hybridized carbons (Fsp3) is 0.467. The van der Waals surface area contributed by atoms with Crippen molar-refractivity contribution in [3.8, 4) is 5.75 Å². The molecule has 3 N–H and O–H groups in total. The molecule has 0 aliphatic carbocycles. The number of carboxylic acids is 1. The number of carbonyl (C=O) groups is 2. The zero-order valence-corrected chi connectivity index (χ0v) is 12.0. The normalized spacial score (nSPS) is 17.5. The van der Waals surface area contributed by atoms with E-state index in [1.807, 2.05) is 0 Å². The standard InChI is InChI=1S/C15H20N2O4/c1-21-13-8-11(3-4-12(13)15(19)20)17-14(18)5-2-10-6-7-16-9-10/h3-4,8,10,16H,2,5-7,9H2,1H3,(H,17,18)(H,19,20). The number of methoxy groups -OCH3 is 1. The van der Waals surface area contributed by atoms with Gasteiger partial charge < -0.3 is 20.5 Å². The molecule has 0 aromatic heterocycles. The number of carbonyl (C=O) groups excluding carboxylic acids is 1. The summed E-state index contributed by atoms with van der Waals surface area (Å²) in [4.78, 5) is 22.9. The third-order valence-corrected chi connectivity index (χ3v) is 3.66. The van der Waals surface area contributed by atoms with Crippen LogP contribution in [0.1, 0.15) is 29.6 Å². The Hall–Kier alpha value is -2.08. The quantitative estimate of drug-likeness (QED) is 0.743. The molecule has 1 fully saturated rings. The van der Waals surface area contributed by atoms with Gasteiger partial charge in [0.05, 0.1) is 7.11 Å². The van der Waals surface area contributed by atoms with E-state index in [0.29, 0.717) is 18.0 Å². The summed E-state index contributed by atoms with van der Waals surface area (Å²) in [6, 6.07) is 4.52. The maximum absolute atomic E-state index is 11.9. The molecule has 6 heteroatoms. The van der Waals surface area contributed by atoms with E-state index in [2.05, 4.69) is 10.6 Å². The van der Waals surface area contributed by atoms with Crippen molar-refractivity contribution in [2.24, 2.45) is 5.92 Å². The zero-order valence-electron chi connectivity index (χ0n) is 12.0. The fourth-order valence-corrected chi connectivity index (χ4v) is 2.47. The number of aromatic carboxylic acids is 1. The fourth-order valence-electron chi connectivity index (χ4n) is 2.47. The molecule has 1 heterocycles. The van der Waals surface area contributed by atoms with E-state index in [1.165, 1.54) is 19.2 Å². The van der Waals surface area contributed by atoms with Gasteiger partial charge in [-0.25, -0.2) is 4.79 Å². The molecule has 1 aliphatic heterocycles. The first-order chi connectivity index (χ1) is 10.1. The van der Waals surface area contributed by atoms with Crippen molar-refractivity contribution in [2.45, 2.75) is 19.3 Å². The average Bonchev–Trinajstić information content (AvgIpc) is 2.98. The lowest BCUT2D eigenvalue weighted by atomic mass is 10.0. The van der Waals surface area contributed by atoms with Crippen LogP contribution in [0, 0.1) is 5.92 Å². The first-order valence-electron chi connectivity index (χ1n) is 7.02. The van der Waals surface area contributed by atoms with Gasteiger partial charge in [-0.2, -0.15) is 0 Å². The van der Waals surface area contributed by atoms with Crippen LogP contribution in [0.2, 0.25) is 0 Å².